The lowest BCUT2D eigenvalue weighted by Crippen LogP contribution is -2.49. The summed E-state index contributed by atoms with van der Waals surface area (Å²) in [6.07, 6.45) is -4.15. The molecule has 0 radical (unpaired) electrons. The summed E-state index contributed by atoms with van der Waals surface area (Å²) < 4.78 is 36.9. The van der Waals surface area contributed by atoms with Gasteiger partial charge in [-0.3, -0.25) is 4.90 Å². The molecular weight excluding hydrogens is 273 g/mol. The first-order chi connectivity index (χ1) is 9.37. The van der Waals surface area contributed by atoms with Crippen LogP contribution in [0.25, 0.3) is 0 Å². The molecule has 2 rings (SSSR count). The maximum absolute atomic E-state index is 12.3. The predicted molar refractivity (Wildman–Crippen MR) is 69.3 cm³/mol. The predicted octanol–water partition coefficient (Wildman–Crippen LogP) is 0.755. The molecule has 0 atom stereocenters. The van der Waals surface area contributed by atoms with Crippen LogP contribution in [-0.4, -0.2) is 53.8 Å². The Balaban J connectivity index is 1.98. The van der Waals surface area contributed by atoms with Crippen LogP contribution in [0.2, 0.25) is 0 Å². The summed E-state index contributed by atoms with van der Waals surface area (Å²) in [6, 6.07) is 1.69. The second-order valence-corrected chi connectivity index (χ2v) is 4.68. The molecule has 3 N–H and O–H groups in total. The number of aryl methyl sites for hydroxylation is 1. The average molecular weight is 290 g/mol. The van der Waals surface area contributed by atoms with Gasteiger partial charge in [0.05, 0.1) is 6.54 Å². The zero-order valence-corrected chi connectivity index (χ0v) is 11.1. The van der Waals surface area contributed by atoms with Crippen molar-refractivity contribution in [1.29, 1.82) is 0 Å². The van der Waals surface area contributed by atoms with E-state index in [0.717, 1.165) is 0 Å². The molecule has 0 bridgehead atoms. The van der Waals surface area contributed by atoms with Crippen LogP contribution in [-0.2, 0) is 0 Å². The number of hydrogen-bond acceptors (Lipinski definition) is 6. The molecule has 0 saturated carbocycles. The number of aromatic nitrogens is 2. The highest BCUT2D eigenvalue weighted by molar-refractivity contribution is 5.49. The van der Waals surface area contributed by atoms with Gasteiger partial charge in [0.1, 0.15) is 17.5 Å². The first-order valence-electron chi connectivity index (χ1n) is 6.24. The second kappa shape index (κ2) is 5.80. The Labute approximate surface area is 114 Å². The van der Waals surface area contributed by atoms with Gasteiger partial charge >= 0.3 is 6.18 Å². The number of hydrogen-bond donors (Lipinski definition) is 2. The van der Waals surface area contributed by atoms with Crippen molar-refractivity contribution in [2.75, 3.05) is 43.0 Å². The van der Waals surface area contributed by atoms with E-state index in [2.05, 4.69) is 15.4 Å². The van der Waals surface area contributed by atoms with Crippen LogP contribution in [0.5, 0.6) is 0 Å². The molecular formula is C11H17F3N6. The summed E-state index contributed by atoms with van der Waals surface area (Å²) in [5, 5.41) is 0. The molecule has 1 saturated heterocycles. The number of piperazine rings is 1. The number of nitrogen functional groups attached to an aromatic ring is 1. The van der Waals surface area contributed by atoms with E-state index >= 15 is 0 Å². The molecule has 1 aromatic heterocycles. The largest absolute Gasteiger partial charge is 0.401 e. The van der Waals surface area contributed by atoms with Gasteiger partial charge in [0.25, 0.3) is 0 Å². The Hall–Kier alpha value is -1.61. The minimum Gasteiger partial charge on any atom is -0.354 e. The van der Waals surface area contributed by atoms with Gasteiger partial charge in [0.15, 0.2) is 0 Å². The number of halogens is 3. The summed E-state index contributed by atoms with van der Waals surface area (Å²) in [4.78, 5) is 11.7. The van der Waals surface area contributed by atoms with Crippen molar-refractivity contribution < 1.29 is 13.2 Å². The van der Waals surface area contributed by atoms with Gasteiger partial charge in [-0.25, -0.2) is 15.8 Å². The zero-order chi connectivity index (χ0) is 14.8. The van der Waals surface area contributed by atoms with E-state index in [9.17, 15) is 13.2 Å². The molecule has 1 aliphatic rings. The molecule has 112 valence electrons. The van der Waals surface area contributed by atoms with Crippen LogP contribution in [0.4, 0.5) is 24.8 Å². The second-order valence-electron chi connectivity index (χ2n) is 4.68. The minimum atomic E-state index is -4.15. The summed E-state index contributed by atoms with van der Waals surface area (Å²) >= 11 is 0. The van der Waals surface area contributed by atoms with E-state index in [1.807, 2.05) is 4.90 Å². The highest BCUT2D eigenvalue weighted by Crippen LogP contribution is 2.20. The summed E-state index contributed by atoms with van der Waals surface area (Å²) in [5.41, 5.74) is 2.45. The highest BCUT2D eigenvalue weighted by atomic mass is 19.4. The van der Waals surface area contributed by atoms with Gasteiger partial charge in [0.2, 0.25) is 0 Å². The van der Waals surface area contributed by atoms with Crippen molar-refractivity contribution in [3.63, 3.8) is 0 Å². The van der Waals surface area contributed by atoms with Crippen LogP contribution in [0.15, 0.2) is 6.07 Å². The Morgan fingerprint density at radius 2 is 1.90 bits per heavy atom. The lowest BCUT2D eigenvalue weighted by Gasteiger charge is -2.35. The van der Waals surface area contributed by atoms with E-state index in [-0.39, 0.29) is 0 Å². The van der Waals surface area contributed by atoms with E-state index in [1.54, 1.807) is 13.0 Å². The molecule has 1 aliphatic heterocycles. The molecule has 0 amide bonds. The third-order valence-corrected chi connectivity index (χ3v) is 3.07. The number of nitrogens with one attached hydrogen (secondary N) is 1. The van der Waals surface area contributed by atoms with E-state index in [4.69, 9.17) is 5.84 Å². The number of nitrogens with two attached hydrogens (primary N) is 1. The number of hydrazine groups is 1. The summed E-state index contributed by atoms with van der Waals surface area (Å²) in [6.45, 7) is 2.58. The van der Waals surface area contributed by atoms with Crippen molar-refractivity contribution >= 4 is 11.6 Å². The standard InChI is InChI=1S/C11H17F3N6/c1-8-16-9(18-15)6-10(17-8)20-4-2-19(3-5-20)7-11(12,13)14/h6H,2-5,7,15H2,1H3,(H,16,17,18). The third-order valence-electron chi connectivity index (χ3n) is 3.07. The fourth-order valence-corrected chi connectivity index (χ4v) is 2.18. The molecule has 0 aliphatic carbocycles. The number of alkyl halides is 3. The van der Waals surface area contributed by atoms with E-state index in [0.29, 0.717) is 43.6 Å². The van der Waals surface area contributed by atoms with Crippen LogP contribution >= 0.6 is 0 Å². The van der Waals surface area contributed by atoms with E-state index < -0.39 is 12.7 Å². The SMILES string of the molecule is Cc1nc(NN)cc(N2CCN(CC(F)(F)F)CC2)n1. The highest BCUT2D eigenvalue weighted by Gasteiger charge is 2.32. The molecule has 9 heteroatoms. The topological polar surface area (TPSA) is 70.3 Å². The van der Waals surface area contributed by atoms with Gasteiger partial charge in [-0.05, 0) is 6.92 Å². The van der Waals surface area contributed by atoms with Crippen LogP contribution in [0.3, 0.4) is 0 Å². The smallest absolute Gasteiger partial charge is 0.354 e. The van der Waals surface area contributed by atoms with Crippen LogP contribution in [0, 0.1) is 6.92 Å². The third kappa shape index (κ3) is 3.94. The number of nitrogens with zero attached hydrogens (tertiary/aromatic N) is 4. The molecule has 6 nitrogen and oxygen atoms in total. The fraction of sp³-hybridized carbons (Fsp3) is 0.636. The fourth-order valence-electron chi connectivity index (χ4n) is 2.18. The zero-order valence-electron chi connectivity index (χ0n) is 11.1. The van der Waals surface area contributed by atoms with Crippen molar-refractivity contribution in [2.24, 2.45) is 5.84 Å². The average Bonchev–Trinajstić information content (AvgIpc) is 2.37. The maximum Gasteiger partial charge on any atom is 0.401 e. The van der Waals surface area contributed by atoms with Crippen molar-refractivity contribution in [2.45, 2.75) is 13.1 Å². The van der Waals surface area contributed by atoms with Gasteiger partial charge in [-0.2, -0.15) is 13.2 Å². The van der Waals surface area contributed by atoms with Gasteiger partial charge < -0.3 is 10.3 Å². The molecule has 1 fully saturated rings. The Morgan fingerprint density at radius 1 is 1.25 bits per heavy atom. The normalized spacial score (nSPS) is 17.4. The number of rotatable bonds is 3. The van der Waals surface area contributed by atoms with Gasteiger partial charge in [-0.1, -0.05) is 0 Å². The quantitative estimate of drug-likeness (QED) is 0.632. The lowest BCUT2D eigenvalue weighted by molar-refractivity contribution is -0.146. The molecule has 0 unspecified atom stereocenters. The molecule has 1 aromatic rings. The number of anilines is 2. The molecule has 20 heavy (non-hydrogen) atoms. The van der Waals surface area contributed by atoms with Crippen LogP contribution < -0.4 is 16.2 Å². The minimum absolute atomic E-state index is 0.355. The maximum atomic E-state index is 12.3. The van der Waals surface area contributed by atoms with Crippen LogP contribution in [0.1, 0.15) is 5.82 Å². The first kappa shape index (κ1) is 14.8. The van der Waals surface area contributed by atoms with Crippen molar-refractivity contribution in [3.05, 3.63) is 11.9 Å². The Kier molecular flexibility index (Phi) is 4.29. The molecule has 0 aromatic carbocycles. The molecule has 2 heterocycles. The Morgan fingerprint density at radius 3 is 2.45 bits per heavy atom. The van der Waals surface area contributed by atoms with Crippen molar-refractivity contribution in [1.82, 2.24) is 14.9 Å². The first-order valence-corrected chi connectivity index (χ1v) is 6.24. The van der Waals surface area contributed by atoms with Gasteiger partial charge in [-0.15, -0.1) is 0 Å². The van der Waals surface area contributed by atoms with Gasteiger partial charge in [0, 0.05) is 32.2 Å². The van der Waals surface area contributed by atoms with Crippen molar-refractivity contribution in [3.8, 4) is 0 Å². The summed E-state index contributed by atoms with van der Waals surface area (Å²) in [7, 11) is 0. The lowest BCUT2D eigenvalue weighted by atomic mass is 10.3. The van der Waals surface area contributed by atoms with E-state index in [1.165, 1.54) is 4.90 Å². The molecule has 0 spiro atoms. The monoisotopic (exact) mass is 290 g/mol. The Bertz CT molecular complexity index is 456. The summed E-state index contributed by atoms with van der Waals surface area (Å²) in [5.74, 6) is 7.05.